The van der Waals surface area contributed by atoms with Crippen molar-refractivity contribution in [3.05, 3.63) is 0 Å². The molecule has 0 radical (unpaired) electrons. The second kappa shape index (κ2) is 5.03. The highest BCUT2D eigenvalue weighted by molar-refractivity contribution is 6.30. The maximum absolute atomic E-state index is 11.2. The van der Waals surface area contributed by atoms with Crippen LogP contribution in [-0.2, 0) is 4.79 Å². The van der Waals surface area contributed by atoms with E-state index in [9.17, 15) is 4.79 Å². The summed E-state index contributed by atoms with van der Waals surface area (Å²) in [5.41, 5.74) is 0. The van der Waals surface area contributed by atoms with Crippen LogP contribution in [0.1, 0.15) is 13.8 Å². The summed E-state index contributed by atoms with van der Waals surface area (Å²) in [5.74, 6) is 2.30. The van der Waals surface area contributed by atoms with Gasteiger partial charge in [-0.05, 0) is 13.8 Å². The van der Waals surface area contributed by atoms with Gasteiger partial charge in [0.25, 0.3) is 0 Å². The van der Waals surface area contributed by atoms with Gasteiger partial charge in [-0.1, -0.05) is 5.92 Å². The third-order valence-electron chi connectivity index (χ3n) is 1.32. The first-order valence-corrected chi connectivity index (χ1v) is 3.93. The molecular formula is C8H12ClNO. The first-order chi connectivity index (χ1) is 5.13. The predicted octanol–water partition coefficient (Wildman–Crippen LogP) is 1.10. The average Bonchev–Trinajstić information content (AvgIpc) is 1.98. The number of nitrogens with zero attached hydrogens (tertiary/aromatic N) is 1. The molecule has 0 bridgehead atoms. The van der Waals surface area contributed by atoms with Gasteiger partial charge in [-0.25, -0.2) is 0 Å². The highest BCUT2D eigenvalue weighted by Crippen LogP contribution is 2.00. The van der Waals surface area contributed by atoms with Crippen molar-refractivity contribution in [2.45, 2.75) is 19.2 Å². The summed E-state index contributed by atoms with van der Waals surface area (Å²) in [4.78, 5) is 12.7. The lowest BCUT2D eigenvalue weighted by molar-refractivity contribution is -0.129. The van der Waals surface area contributed by atoms with Crippen LogP contribution in [0.3, 0.4) is 0 Å². The van der Waals surface area contributed by atoms with Crippen molar-refractivity contribution < 1.29 is 4.79 Å². The quantitative estimate of drug-likeness (QED) is 0.462. The van der Waals surface area contributed by atoms with E-state index in [0.717, 1.165) is 0 Å². The smallest absolute Gasteiger partial charge is 0.241 e. The van der Waals surface area contributed by atoms with Gasteiger partial charge >= 0.3 is 0 Å². The van der Waals surface area contributed by atoms with E-state index in [4.69, 9.17) is 18.0 Å². The van der Waals surface area contributed by atoms with Crippen molar-refractivity contribution in [2.24, 2.45) is 0 Å². The van der Waals surface area contributed by atoms with Crippen LogP contribution in [0.25, 0.3) is 0 Å². The van der Waals surface area contributed by atoms with Crippen LogP contribution in [0.4, 0.5) is 0 Å². The fourth-order valence-electron chi connectivity index (χ4n) is 0.707. The van der Waals surface area contributed by atoms with Crippen molar-refractivity contribution in [3.8, 4) is 12.3 Å². The molecule has 0 N–H and O–H groups in total. The van der Waals surface area contributed by atoms with Gasteiger partial charge in [0.2, 0.25) is 5.91 Å². The molecule has 1 unspecified atom stereocenters. The summed E-state index contributed by atoms with van der Waals surface area (Å²) in [5, 5.41) is -0.483. The van der Waals surface area contributed by atoms with Crippen LogP contribution < -0.4 is 0 Å². The van der Waals surface area contributed by atoms with Crippen molar-refractivity contribution in [1.29, 1.82) is 0 Å². The Hall–Kier alpha value is -0.680. The summed E-state index contributed by atoms with van der Waals surface area (Å²) in [7, 11) is 0. The molecule has 0 spiro atoms. The van der Waals surface area contributed by atoms with Gasteiger partial charge in [0.05, 0.1) is 6.54 Å². The first kappa shape index (κ1) is 10.3. The zero-order chi connectivity index (χ0) is 8.85. The normalized spacial score (nSPS) is 11.8. The fraction of sp³-hybridized carbons (Fsp3) is 0.625. The first-order valence-electron chi connectivity index (χ1n) is 3.49. The second-order valence-electron chi connectivity index (χ2n) is 2.17. The second-order valence-corrected chi connectivity index (χ2v) is 2.83. The van der Waals surface area contributed by atoms with E-state index < -0.39 is 5.38 Å². The van der Waals surface area contributed by atoms with Crippen molar-refractivity contribution in [3.63, 3.8) is 0 Å². The Labute approximate surface area is 72.5 Å². The molecule has 0 aromatic heterocycles. The standard InChI is InChI=1S/C8H12ClNO/c1-4-6-10(5-2)8(11)7(3)9/h1,7H,5-6H2,2-3H3. The van der Waals surface area contributed by atoms with E-state index in [1.54, 1.807) is 6.92 Å². The maximum atomic E-state index is 11.2. The number of hydrogen-bond donors (Lipinski definition) is 0. The maximum Gasteiger partial charge on any atom is 0.241 e. The van der Waals surface area contributed by atoms with E-state index in [-0.39, 0.29) is 5.91 Å². The molecule has 0 aliphatic rings. The molecule has 11 heavy (non-hydrogen) atoms. The molecule has 0 aliphatic heterocycles. The van der Waals surface area contributed by atoms with E-state index >= 15 is 0 Å². The lowest BCUT2D eigenvalue weighted by Crippen LogP contribution is -2.35. The average molecular weight is 174 g/mol. The number of rotatable bonds is 3. The third-order valence-corrected chi connectivity index (χ3v) is 1.50. The highest BCUT2D eigenvalue weighted by Gasteiger charge is 2.15. The molecule has 3 heteroatoms. The molecule has 2 nitrogen and oxygen atoms in total. The number of carbonyl (C=O) groups is 1. The summed E-state index contributed by atoms with van der Waals surface area (Å²) >= 11 is 5.58. The Bertz CT molecular complexity index is 171. The summed E-state index contributed by atoms with van der Waals surface area (Å²) in [6.07, 6.45) is 5.06. The van der Waals surface area contributed by atoms with Gasteiger partial charge in [-0.2, -0.15) is 0 Å². The van der Waals surface area contributed by atoms with Gasteiger partial charge in [-0.3, -0.25) is 4.79 Å². The van der Waals surface area contributed by atoms with Crippen LogP contribution in [0, 0.1) is 12.3 Å². The van der Waals surface area contributed by atoms with Crippen LogP contribution >= 0.6 is 11.6 Å². The van der Waals surface area contributed by atoms with Crippen LogP contribution in [0.2, 0.25) is 0 Å². The minimum absolute atomic E-state index is 0.105. The molecule has 0 fully saturated rings. The molecule has 0 heterocycles. The van der Waals surface area contributed by atoms with E-state index in [1.807, 2.05) is 6.92 Å². The topological polar surface area (TPSA) is 20.3 Å². The Morgan fingerprint density at radius 3 is 2.64 bits per heavy atom. The van der Waals surface area contributed by atoms with E-state index in [2.05, 4.69) is 5.92 Å². The number of halogens is 1. The monoisotopic (exact) mass is 173 g/mol. The lowest BCUT2D eigenvalue weighted by atomic mass is 10.4. The Balaban J connectivity index is 4.05. The van der Waals surface area contributed by atoms with Crippen molar-refractivity contribution in [2.75, 3.05) is 13.1 Å². The predicted molar refractivity (Wildman–Crippen MR) is 46.4 cm³/mol. The zero-order valence-electron chi connectivity index (χ0n) is 6.80. The zero-order valence-corrected chi connectivity index (χ0v) is 7.56. The van der Waals surface area contributed by atoms with Gasteiger partial charge in [0.1, 0.15) is 5.38 Å². The molecule has 0 aromatic carbocycles. The van der Waals surface area contributed by atoms with Gasteiger partial charge in [0, 0.05) is 6.54 Å². The van der Waals surface area contributed by atoms with Crippen LogP contribution in [0.15, 0.2) is 0 Å². The van der Waals surface area contributed by atoms with E-state index in [1.165, 1.54) is 4.90 Å². The Kier molecular flexibility index (Phi) is 4.72. The number of carbonyl (C=O) groups excluding carboxylic acids is 1. The molecule has 0 saturated heterocycles. The highest BCUT2D eigenvalue weighted by atomic mass is 35.5. The van der Waals surface area contributed by atoms with Gasteiger partial charge in [0.15, 0.2) is 0 Å². The summed E-state index contributed by atoms with van der Waals surface area (Å²) in [6.45, 7) is 4.46. The largest absolute Gasteiger partial charge is 0.331 e. The number of alkyl halides is 1. The molecule has 0 rings (SSSR count). The molecule has 62 valence electrons. The van der Waals surface area contributed by atoms with Crippen molar-refractivity contribution >= 4 is 17.5 Å². The Morgan fingerprint density at radius 1 is 1.82 bits per heavy atom. The SMILES string of the molecule is C#CCN(CC)C(=O)C(C)Cl. The number of hydrogen-bond acceptors (Lipinski definition) is 1. The van der Waals surface area contributed by atoms with E-state index in [0.29, 0.717) is 13.1 Å². The molecule has 0 aliphatic carbocycles. The Morgan fingerprint density at radius 2 is 2.36 bits per heavy atom. The molecule has 1 atom stereocenters. The summed E-state index contributed by atoms with van der Waals surface area (Å²) in [6, 6.07) is 0. The number of terminal acetylenes is 1. The van der Waals surface area contributed by atoms with Gasteiger partial charge < -0.3 is 4.90 Å². The molecule has 0 aromatic rings. The molecular weight excluding hydrogens is 162 g/mol. The fourth-order valence-corrected chi connectivity index (χ4v) is 0.845. The molecule has 1 amide bonds. The molecule has 0 saturated carbocycles. The van der Waals surface area contributed by atoms with Gasteiger partial charge in [-0.15, -0.1) is 18.0 Å². The minimum Gasteiger partial charge on any atom is -0.331 e. The van der Waals surface area contributed by atoms with Crippen LogP contribution in [-0.4, -0.2) is 29.3 Å². The van der Waals surface area contributed by atoms with Crippen molar-refractivity contribution in [1.82, 2.24) is 4.90 Å². The summed E-state index contributed by atoms with van der Waals surface area (Å²) < 4.78 is 0. The lowest BCUT2D eigenvalue weighted by Gasteiger charge is -2.18. The van der Waals surface area contributed by atoms with Crippen LogP contribution in [0.5, 0.6) is 0 Å². The minimum atomic E-state index is -0.483. The third kappa shape index (κ3) is 3.29. The number of amides is 1.